The average Bonchev–Trinajstić information content (AvgIpc) is 2.60. The van der Waals surface area contributed by atoms with E-state index in [1.807, 2.05) is 4.72 Å². The van der Waals surface area contributed by atoms with Gasteiger partial charge in [0.15, 0.2) is 0 Å². The van der Waals surface area contributed by atoms with Gasteiger partial charge in [-0.3, -0.25) is 4.98 Å². The molecule has 3 N–H and O–H groups in total. The molecule has 1 aromatic carbocycles. The molecular formula is C17H20N4O5S. The van der Waals surface area contributed by atoms with Crippen molar-refractivity contribution >= 4 is 33.4 Å². The molecule has 2 amide bonds. The Kier molecular flexibility index (Phi) is 6.35. The number of hydrogen-bond donors (Lipinski definition) is 3. The topological polar surface area (TPSA) is 126 Å². The van der Waals surface area contributed by atoms with Crippen molar-refractivity contribution in [1.82, 2.24) is 15.0 Å². The summed E-state index contributed by atoms with van der Waals surface area (Å²) in [6, 6.07) is 6.74. The van der Waals surface area contributed by atoms with Crippen molar-refractivity contribution in [2.24, 2.45) is 0 Å². The van der Waals surface area contributed by atoms with Crippen molar-refractivity contribution in [2.45, 2.75) is 24.8 Å². The third-order valence-electron chi connectivity index (χ3n) is 3.28. The predicted molar refractivity (Wildman–Crippen MR) is 99.3 cm³/mol. The third-order valence-corrected chi connectivity index (χ3v) is 4.64. The Morgan fingerprint density at radius 2 is 1.93 bits per heavy atom. The summed E-state index contributed by atoms with van der Waals surface area (Å²) in [5.74, 6) is -0.520. The second-order valence-corrected chi connectivity index (χ2v) is 7.45. The lowest BCUT2D eigenvalue weighted by Gasteiger charge is -2.14. The zero-order valence-corrected chi connectivity index (χ0v) is 15.8. The van der Waals surface area contributed by atoms with E-state index in [2.05, 4.69) is 20.4 Å². The van der Waals surface area contributed by atoms with Gasteiger partial charge in [-0.05, 0) is 38.1 Å². The fourth-order valence-corrected chi connectivity index (χ4v) is 3.18. The number of aromatic nitrogens is 1. The number of amides is 2. The Morgan fingerprint density at radius 1 is 1.19 bits per heavy atom. The number of benzene rings is 1. The molecule has 0 unspecified atom stereocenters. The number of anilines is 2. The minimum absolute atomic E-state index is 0.192. The van der Waals surface area contributed by atoms with Crippen molar-refractivity contribution in [2.75, 3.05) is 12.4 Å². The van der Waals surface area contributed by atoms with Crippen LogP contribution >= 0.6 is 0 Å². The highest BCUT2D eigenvalue weighted by Crippen LogP contribution is 2.24. The van der Waals surface area contributed by atoms with Gasteiger partial charge in [-0.15, -0.1) is 0 Å². The number of hydrogen-bond acceptors (Lipinski definition) is 7. The first-order chi connectivity index (χ1) is 12.7. The molecule has 9 nitrogen and oxygen atoms in total. The van der Waals surface area contributed by atoms with E-state index in [9.17, 15) is 18.0 Å². The van der Waals surface area contributed by atoms with E-state index in [-0.39, 0.29) is 16.6 Å². The van der Waals surface area contributed by atoms with Gasteiger partial charge in [-0.2, -0.15) is 0 Å². The molecule has 0 saturated carbocycles. The smallest absolute Gasteiger partial charge is 0.337 e. The summed E-state index contributed by atoms with van der Waals surface area (Å²) in [7, 11) is -2.90. The van der Waals surface area contributed by atoms with Crippen LogP contribution in [0.3, 0.4) is 0 Å². The minimum Gasteiger partial charge on any atom is -0.465 e. The molecule has 2 rings (SSSR count). The Labute approximate surface area is 157 Å². The fraction of sp³-hybridized carbons (Fsp3) is 0.235. The standard InChI is InChI=1S/C17H20N4O5S/c1-11(2)19-17(23)21-27(24,25)15-10-18-8-7-14(15)20-13-6-4-5-12(9-13)16(22)26-3/h4-11H,1-3H3,(H,18,20)(H2,19,21,23). The van der Waals surface area contributed by atoms with Crippen molar-refractivity contribution in [3.63, 3.8) is 0 Å². The number of sulfonamides is 1. The maximum Gasteiger partial charge on any atom is 0.337 e. The zero-order valence-electron chi connectivity index (χ0n) is 15.0. The molecule has 0 spiro atoms. The summed E-state index contributed by atoms with van der Waals surface area (Å²) < 4.78 is 31.7. The number of rotatable bonds is 6. The molecule has 0 bridgehead atoms. The SMILES string of the molecule is COC(=O)c1cccc(Nc2ccncc2S(=O)(=O)NC(=O)NC(C)C)c1. The highest BCUT2D eigenvalue weighted by atomic mass is 32.2. The zero-order chi connectivity index (χ0) is 20.0. The second kappa shape index (κ2) is 8.49. The van der Waals surface area contributed by atoms with E-state index in [0.717, 1.165) is 6.20 Å². The van der Waals surface area contributed by atoms with Crippen LogP contribution in [0.25, 0.3) is 0 Å². The van der Waals surface area contributed by atoms with E-state index in [1.165, 1.54) is 25.4 Å². The van der Waals surface area contributed by atoms with Crippen molar-refractivity contribution in [3.8, 4) is 0 Å². The highest BCUT2D eigenvalue weighted by Gasteiger charge is 2.22. The molecule has 10 heteroatoms. The lowest BCUT2D eigenvalue weighted by molar-refractivity contribution is 0.0600. The van der Waals surface area contributed by atoms with Gasteiger partial charge < -0.3 is 15.4 Å². The lowest BCUT2D eigenvalue weighted by atomic mass is 10.2. The van der Waals surface area contributed by atoms with Crippen molar-refractivity contribution in [3.05, 3.63) is 48.3 Å². The van der Waals surface area contributed by atoms with Gasteiger partial charge in [0.05, 0.1) is 18.4 Å². The molecule has 0 saturated heterocycles. The van der Waals surface area contributed by atoms with Crippen molar-refractivity contribution in [1.29, 1.82) is 0 Å². The first kappa shape index (κ1) is 20.2. The molecule has 2 aromatic rings. The number of carbonyl (C=O) groups is 2. The summed E-state index contributed by atoms with van der Waals surface area (Å²) in [6.07, 6.45) is 2.52. The molecule has 0 fully saturated rings. The van der Waals surface area contributed by atoms with Gasteiger partial charge in [0.1, 0.15) is 4.90 Å². The van der Waals surface area contributed by atoms with E-state index in [0.29, 0.717) is 11.3 Å². The molecule has 27 heavy (non-hydrogen) atoms. The van der Waals surface area contributed by atoms with Crippen LogP contribution in [-0.4, -0.2) is 38.6 Å². The molecule has 0 aliphatic carbocycles. The van der Waals surface area contributed by atoms with Crippen molar-refractivity contribution < 1.29 is 22.7 Å². The monoisotopic (exact) mass is 392 g/mol. The van der Waals surface area contributed by atoms with Gasteiger partial charge in [0, 0.05) is 24.1 Å². The molecule has 0 radical (unpaired) electrons. The third kappa shape index (κ3) is 5.42. The Balaban J connectivity index is 2.31. The number of esters is 1. The Hall–Kier alpha value is -3.14. The number of ether oxygens (including phenoxy) is 1. The van der Waals surface area contributed by atoms with Crippen LogP contribution in [0.15, 0.2) is 47.6 Å². The second-order valence-electron chi connectivity index (χ2n) is 5.80. The van der Waals surface area contributed by atoms with Crippen LogP contribution in [0.5, 0.6) is 0 Å². The lowest BCUT2D eigenvalue weighted by Crippen LogP contribution is -2.42. The molecule has 1 aromatic heterocycles. The Bertz CT molecular complexity index is 944. The maximum atomic E-state index is 12.5. The predicted octanol–water partition coefficient (Wildman–Crippen LogP) is 2.01. The molecule has 144 valence electrons. The van der Waals surface area contributed by atoms with E-state index in [4.69, 9.17) is 0 Å². The quantitative estimate of drug-likeness (QED) is 0.642. The molecule has 0 atom stereocenters. The van der Waals surface area contributed by atoms with Crippen LogP contribution in [0.2, 0.25) is 0 Å². The van der Waals surface area contributed by atoms with Gasteiger partial charge in [-0.25, -0.2) is 22.7 Å². The maximum absolute atomic E-state index is 12.5. The number of nitrogens with zero attached hydrogens (tertiary/aromatic N) is 1. The van der Waals surface area contributed by atoms with Crippen LogP contribution in [0, 0.1) is 0 Å². The van der Waals surface area contributed by atoms with Gasteiger partial charge in [-0.1, -0.05) is 6.07 Å². The van der Waals surface area contributed by atoms with Gasteiger partial charge in [0.25, 0.3) is 10.0 Å². The number of nitrogens with one attached hydrogen (secondary N) is 3. The van der Waals surface area contributed by atoms with E-state index < -0.39 is 22.0 Å². The van der Waals surface area contributed by atoms with Crippen LogP contribution in [-0.2, 0) is 14.8 Å². The number of methoxy groups -OCH3 is 1. The molecule has 1 heterocycles. The highest BCUT2D eigenvalue weighted by molar-refractivity contribution is 7.90. The van der Waals surface area contributed by atoms with Crippen LogP contribution < -0.4 is 15.4 Å². The average molecular weight is 392 g/mol. The molecular weight excluding hydrogens is 372 g/mol. The number of carbonyl (C=O) groups excluding carboxylic acids is 2. The first-order valence-corrected chi connectivity index (χ1v) is 9.44. The normalized spacial score (nSPS) is 11.0. The van der Waals surface area contributed by atoms with E-state index in [1.54, 1.807) is 32.0 Å². The Morgan fingerprint density at radius 3 is 2.59 bits per heavy atom. The summed E-state index contributed by atoms with van der Waals surface area (Å²) in [5.41, 5.74) is 0.958. The van der Waals surface area contributed by atoms with E-state index >= 15 is 0 Å². The number of urea groups is 1. The van der Waals surface area contributed by atoms with Crippen LogP contribution in [0.4, 0.5) is 16.2 Å². The largest absolute Gasteiger partial charge is 0.465 e. The summed E-state index contributed by atoms with van der Waals surface area (Å²) in [4.78, 5) is 27.0. The first-order valence-electron chi connectivity index (χ1n) is 7.95. The number of pyridine rings is 1. The summed E-state index contributed by atoms with van der Waals surface area (Å²) in [5, 5.41) is 5.36. The molecule has 0 aliphatic heterocycles. The van der Waals surface area contributed by atoms with Crippen LogP contribution in [0.1, 0.15) is 24.2 Å². The van der Waals surface area contributed by atoms with Gasteiger partial charge in [0.2, 0.25) is 0 Å². The minimum atomic E-state index is -4.17. The molecule has 0 aliphatic rings. The summed E-state index contributed by atoms with van der Waals surface area (Å²) >= 11 is 0. The van der Waals surface area contributed by atoms with Gasteiger partial charge >= 0.3 is 12.0 Å². The summed E-state index contributed by atoms with van der Waals surface area (Å²) in [6.45, 7) is 3.41. The fourth-order valence-electron chi connectivity index (χ4n) is 2.16.